The maximum absolute atomic E-state index is 12.7. The molecule has 1 aromatic carbocycles. The second-order valence-corrected chi connectivity index (χ2v) is 8.60. The maximum Gasteiger partial charge on any atom is 0.273 e. The molecule has 0 unspecified atom stereocenters. The summed E-state index contributed by atoms with van der Waals surface area (Å²) in [5, 5.41) is 16.2. The third-order valence-corrected chi connectivity index (χ3v) is 6.05. The molecule has 34 heavy (non-hydrogen) atoms. The van der Waals surface area contributed by atoms with Gasteiger partial charge in [0.1, 0.15) is 5.01 Å². The number of rotatable bonds is 10. The number of amides is 2. The van der Waals surface area contributed by atoms with E-state index in [9.17, 15) is 9.59 Å². The average Bonchev–Trinajstić information content (AvgIpc) is 3.60. The fraction of sp³-hybridized carbons (Fsp3) is 0.348. The van der Waals surface area contributed by atoms with Crippen molar-refractivity contribution < 1.29 is 23.2 Å². The lowest BCUT2D eigenvalue weighted by molar-refractivity contribution is -0.117. The number of hydrogen-bond donors (Lipinski definition) is 3. The average molecular weight is 486 g/mol. The molecular weight excluding hydrogens is 456 g/mol. The number of carbonyl (C=O) groups is 2. The van der Waals surface area contributed by atoms with E-state index in [0.717, 1.165) is 17.7 Å². The molecule has 1 aliphatic rings. The highest BCUT2D eigenvalue weighted by atomic mass is 32.1. The van der Waals surface area contributed by atoms with Crippen LogP contribution in [0.3, 0.4) is 0 Å². The minimum atomic E-state index is -2.73. The normalized spacial score (nSPS) is 14.5. The van der Waals surface area contributed by atoms with E-state index < -0.39 is 12.9 Å². The van der Waals surface area contributed by atoms with E-state index in [-0.39, 0.29) is 29.0 Å². The van der Waals surface area contributed by atoms with Crippen molar-refractivity contribution in [3.05, 3.63) is 41.0 Å². The van der Waals surface area contributed by atoms with Gasteiger partial charge in [-0.15, -0.1) is 21.5 Å². The number of aromatic nitrogens is 3. The molecule has 0 radical (unpaired) electrons. The summed E-state index contributed by atoms with van der Waals surface area (Å²) in [5.41, 5.74) is 1.05. The van der Waals surface area contributed by atoms with E-state index in [1.165, 1.54) is 24.5 Å². The second-order valence-electron chi connectivity index (χ2n) is 7.49. The van der Waals surface area contributed by atoms with Crippen molar-refractivity contribution in [3.63, 3.8) is 0 Å². The molecule has 10 nitrogen and oxygen atoms in total. The van der Waals surface area contributed by atoms with E-state index in [1.54, 1.807) is 18.3 Å². The first-order valence-corrected chi connectivity index (χ1v) is 11.5. The van der Waals surface area contributed by atoms with Crippen LogP contribution in [0.2, 0.25) is 0 Å². The molecule has 2 aromatic heterocycles. The number of thiazole rings is 1. The van der Waals surface area contributed by atoms with Crippen molar-refractivity contribution in [1.82, 2.24) is 20.5 Å². The third kappa shape index (κ3) is 5.32. The van der Waals surface area contributed by atoms with E-state index >= 15 is 0 Å². The van der Waals surface area contributed by atoms with Crippen LogP contribution in [0, 0.1) is 5.92 Å². The van der Waals surface area contributed by atoms with Crippen LogP contribution in [0.25, 0.3) is 10.6 Å². The SMILES string of the molecule is [2H]C([2H])([2H])NC(=O)c1nnc(NC(=O)C2CC2)cc1Nc1cccc(-c2ncc(COCC)s2)c1OC. The summed E-state index contributed by atoms with van der Waals surface area (Å²) in [7, 11) is 1.51. The number of ether oxygens (including phenoxy) is 2. The Labute approximate surface area is 205 Å². The summed E-state index contributed by atoms with van der Waals surface area (Å²) in [4.78, 5) is 30.4. The zero-order valence-corrected chi connectivity index (χ0v) is 19.5. The molecule has 2 amide bonds. The van der Waals surface area contributed by atoms with E-state index in [0.29, 0.717) is 35.2 Å². The summed E-state index contributed by atoms with van der Waals surface area (Å²) in [6, 6.07) is 6.79. The van der Waals surface area contributed by atoms with E-state index in [2.05, 4.69) is 25.8 Å². The molecule has 11 heteroatoms. The van der Waals surface area contributed by atoms with Crippen LogP contribution in [0.4, 0.5) is 17.2 Å². The van der Waals surface area contributed by atoms with Crippen LogP contribution in [-0.2, 0) is 16.1 Å². The zero-order chi connectivity index (χ0) is 26.6. The van der Waals surface area contributed by atoms with E-state index in [1.807, 2.05) is 18.3 Å². The largest absolute Gasteiger partial charge is 0.494 e. The lowest BCUT2D eigenvalue weighted by atomic mass is 10.1. The number of methoxy groups -OCH3 is 1. The van der Waals surface area contributed by atoms with Crippen molar-refractivity contribution in [2.45, 2.75) is 26.4 Å². The van der Waals surface area contributed by atoms with Crippen molar-refractivity contribution >= 4 is 40.3 Å². The van der Waals surface area contributed by atoms with Gasteiger partial charge in [0.2, 0.25) is 5.91 Å². The summed E-state index contributed by atoms with van der Waals surface area (Å²) in [6.45, 7) is 0.241. The fourth-order valence-electron chi connectivity index (χ4n) is 3.22. The van der Waals surface area contributed by atoms with Crippen LogP contribution in [-0.4, -0.2) is 47.7 Å². The molecule has 0 saturated heterocycles. The summed E-state index contributed by atoms with van der Waals surface area (Å²) < 4.78 is 33.2. The summed E-state index contributed by atoms with van der Waals surface area (Å²) >= 11 is 1.46. The molecular formula is C23H26N6O4S. The first kappa shape index (κ1) is 19.9. The van der Waals surface area contributed by atoms with Crippen LogP contribution < -0.4 is 20.7 Å². The molecule has 0 aliphatic heterocycles. The van der Waals surface area contributed by atoms with Crippen LogP contribution in [0.1, 0.15) is 39.2 Å². The monoisotopic (exact) mass is 485 g/mol. The highest BCUT2D eigenvalue weighted by Crippen LogP contribution is 2.40. The Morgan fingerprint density at radius 2 is 2.12 bits per heavy atom. The molecule has 2 heterocycles. The third-order valence-electron chi connectivity index (χ3n) is 5.04. The molecule has 0 atom stereocenters. The quantitative estimate of drug-likeness (QED) is 0.398. The van der Waals surface area contributed by atoms with Crippen molar-refractivity contribution in [2.75, 3.05) is 31.3 Å². The van der Waals surface area contributed by atoms with Crippen LogP contribution in [0.15, 0.2) is 30.5 Å². The van der Waals surface area contributed by atoms with Gasteiger partial charge in [-0.3, -0.25) is 9.59 Å². The number of carbonyl (C=O) groups excluding carboxylic acids is 2. The Kier molecular flexibility index (Phi) is 6.18. The van der Waals surface area contributed by atoms with Crippen LogP contribution in [0.5, 0.6) is 5.75 Å². The second kappa shape index (κ2) is 10.6. The number of benzene rings is 1. The van der Waals surface area contributed by atoms with Crippen molar-refractivity contribution in [1.29, 1.82) is 0 Å². The fourth-order valence-corrected chi connectivity index (χ4v) is 4.09. The standard InChI is InChI=1S/C23H26N6O4S/c1-4-33-12-14-11-25-23(34-14)15-6-5-7-16(20(15)32-3)26-17-10-18(27-21(30)13-8-9-13)28-29-19(17)22(31)24-2/h5-7,10-11,13H,4,8-9,12H2,1-3H3,(H,24,31)(H2,26,27,28,30)/i2D3. The van der Waals surface area contributed by atoms with E-state index in [4.69, 9.17) is 13.6 Å². The van der Waals surface area contributed by atoms with Gasteiger partial charge < -0.3 is 25.4 Å². The first-order chi connectivity index (χ1) is 17.7. The molecule has 0 spiro atoms. The first-order valence-electron chi connectivity index (χ1n) is 12.2. The number of nitrogens with one attached hydrogen (secondary N) is 3. The highest BCUT2D eigenvalue weighted by molar-refractivity contribution is 7.15. The minimum Gasteiger partial charge on any atom is -0.494 e. The van der Waals surface area contributed by atoms with Gasteiger partial charge in [0.25, 0.3) is 5.91 Å². The van der Waals surface area contributed by atoms with Crippen LogP contribution >= 0.6 is 11.3 Å². The van der Waals surface area contributed by atoms with Gasteiger partial charge in [-0.25, -0.2) is 4.98 Å². The Hall–Kier alpha value is -3.57. The molecule has 3 aromatic rings. The maximum atomic E-state index is 12.7. The van der Waals surface area contributed by atoms with Gasteiger partial charge in [-0.2, -0.15) is 0 Å². The zero-order valence-electron chi connectivity index (χ0n) is 21.7. The minimum absolute atomic E-state index is 0.0700. The van der Waals surface area contributed by atoms with Gasteiger partial charge in [0, 0.05) is 35.9 Å². The number of hydrogen-bond acceptors (Lipinski definition) is 9. The van der Waals surface area contributed by atoms with Crippen molar-refractivity contribution in [2.24, 2.45) is 5.92 Å². The molecule has 1 aliphatic carbocycles. The number of nitrogens with zero attached hydrogens (tertiary/aromatic N) is 3. The molecule has 178 valence electrons. The number of para-hydroxylation sites is 1. The lowest BCUT2D eigenvalue weighted by Crippen LogP contribution is -2.22. The summed E-state index contributed by atoms with van der Waals surface area (Å²) in [5.74, 6) is -0.640. The van der Waals surface area contributed by atoms with Gasteiger partial charge >= 0.3 is 0 Å². The predicted molar refractivity (Wildman–Crippen MR) is 129 cm³/mol. The van der Waals surface area contributed by atoms with Gasteiger partial charge in [0.15, 0.2) is 17.3 Å². The molecule has 3 N–H and O–H groups in total. The van der Waals surface area contributed by atoms with Gasteiger partial charge in [-0.1, -0.05) is 6.07 Å². The highest BCUT2D eigenvalue weighted by Gasteiger charge is 2.30. The van der Waals surface area contributed by atoms with Gasteiger partial charge in [-0.05, 0) is 31.9 Å². The smallest absolute Gasteiger partial charge is 0.273 e. The lowest BCUT2D eigenvalue weighted by Gasteiger charge is -2.16. The topological polar surface area (TPSA) is 127 Å². The molecule has 1 saturated carbocycles. The van der Waals surface area contributed by atoms with Gasteiger partial charge in [0.05, 0.1) is 35.5 Å². The Morgan fingerprint density at radius 1 is 1.26 bits per heavy atom. The summed E-state index contributed by atoms with van der Waals surface area (Å²) in [6.07, 6.45) is 3.35. The molecule has 4 rings (SSSR count). The Morgan fingerprint density at radius 3 is 2.85 bits per heavy atom. The molecule has 0 bridgehead atoms. The Bertz CT molecular complexity index is 1300. The predicted octanol–water partition coefficient (Wildman–Crippen LogP) is 3.60. The number of anilines is 3. The Balaban J connectivity index is 1.69. The molecule has 1 fully saturated rings. The van der Waals surface area contributed by atoms with Crippen molar-refractivity contribution in [3.8, 4) is 16.3 Å².